The summed E-state index contributed by atoms with van der Waals surface area (Å²) >= 11 is 0. The number of nitrogens with zero attached hydrogens (tertiary/aromatic N) is 2. The van der Waals surface area contributed by atoms with E-state index in [9.17, 15) is 10.2 Å². The van der Waals surface area contributed by atoms with Gasteiger partial charge in [0.25, 0.3) is 0 Å². The Morgan fingerprint density at radius 3 is 1.28 bits per heavy atom. The van der Waals surface area contributed by atoms with E-state index in [1.54, 1.807) is 48.8 Å². The van der Waals surface area contributed by atoms with E-state index in [0.717, 1.165) is 0 Å². The van der Waals surface area contributed by atoms with Gasteiger partial charge in [-0.1, -0.05) is 48.5 Å². The maximum atomic E-state index is 11.1. The fraction of sp³-hybridized carbons (Fsp3) is 0.300. The Morgan fingerprint density at radius 2 is 1.00 bits per heavy atom. The second kappa shape index (κ2) is 12.3. The predicted octanol–water partition coefficient (Wildman–Crippen LogP) is 3.17. The Kier molecular flexibility index (Phi) is 11.3. The molecule has 0 aliphatic rings. The molecule has 0 saturated carbocycles. The zero-order chi connectivity index (χ0) is 17.9. The summed E-state index contributed by atoms with van der Waals surface area (Å²) in [5.41, 5.74) is 1.32. The largest absolute Gasteiger partial charge is 2.00 e. The maximum absolute atomic E-state index is 11.1. The third-order valence-electron chi connectivity index (χ3n) is 2.86. The summed E-state index contributed by atoms with van der Waals surface area (Å²) in [7, 11) is 0. The molecule has 0 saturated heterocycles. The van der Waals surface area contributed by atoms with Gasteiger partial charge in [0.05, 0.1) is 0 Å². The van der Waals surface area contributed by atoms with Crippen molar-refractivity contribution in [2.45, 2.75) is 39.8 Å². The first-order valence-electron chi connectivity index (χ1n) is 7.98. The van der Waals surface area contributed by atoms with E-state index in [1.807, 2.05) is 39.8 Å². The smallest absolute Gasteiger partial charge is 0.872 e. The first-order chi connectivity index (χ1) is 11.4. The Labute approximate surface area is 160 Å². The summed E-state index contributed by atoms with van der Waals surface area (Å²) in [5, 5.41) is 22.3. The summed E-state index contributed by atoms with van der Waals surface area (Å²) in [4.78, 5) is 8.26. The van der Waals surface area contributed by atoms with Crippen molar-refractivity contribution >= 4 is 12.4 Å². The molecule has 25 heavy (non-hydrogen) atoms. The van der Waals surface area contributed by atoms with Crippen LogP contribution in [0.1, 0.15) is 38.8 Å². The van der Waals surface area contributed by atoms with Crippen LogP contribution < -0.4 is 10.2 Å². The van der Waals surface area contributed by atoms with E-state index in [0.29, 0.717) is 11.1 Å². The van der Waals surface area contributed by atoms with Crippen molar-refractivity contribution in [3.05, 3.63) is 59.7 Å². The van der Waals surface area contributed by atoms with Gasteiger partial charge in [-0.3, -0.25) is 9.98 Å². The topological polar surface area (TPSA) is 70.8 Å². The molecule has 137 valence electrons. The fourth-order valence-corrected chi connectivity index (χ4v) is 1.63. The van der Waals surface area contributed by atoms with Crippen LogP contribution in [0.3, 0.4) is 0 Å². The number of hydrogen-bond donors (Lipinski definition) is 0. The van der Waals surface area contributed by atoms with Gasteiger partial charge < -0.3 is 10.2 Å². The van der Waals surface area contributed by atoms with Gasteiger partial charge in [-0.15, -0.1) is 11.5 Å². The summed E-state index contributed by atoms with van der Waals surface area (Å²) in [5.74, 6) is 0.0591. The monoisotopic (exact) mass is 387 g/mol. The van der Waals surface area contributed by atoms with E-state index in [1.165, 1.54) is 0 Å². The molecule has 5 heteroatoms. The average molecular weight is 388 g/mol. The third-order valence-corrected chi connectivity index (χ3v) is 2.86. The molecule has 0 heterocycles. The molecule has 2 rings (SSSR count). The molecule has 0 bridgehead atoms. The van der Waals surface area contributed by atoms with Crippen molar-refractivity contribution in [3.8, 4) is 11.5 Å². The zero-order valence-electron chi connectivity index (χ0n) is 14.9. The number of benzene rings is 2. The number of rotatable bonds is 4. The van der Waals surface area contributed by atoms with Crippen LogP contribution in [0.2, 0.25) is 0 Å². The summed E-state index contributed by atoms with van der Waals surface area (Å²) in [6.45, 7) is 7.90. The van der Waals surface area contributed by atoms with Crippen molar-refractivity contribution in [3.63, 3.8) is 0 Å². The van der Waals surface area contributed by atoms with Gasteiger partial charge in [-0.05, 0) is 38.8 Å². The van der Waals surface area contributed by atoms with Gasteiger partial charge in [0, 0.05) is 24.5 Å². The molecule has 0 aliphatic carbocycles. The standard InChI is InChI=1S/2C10H13NO.Cu/c2*1-8(2)11-7-9-5-3-4-6-10(9)12;/h2*3-8,12H,1-2H3;/q;;+2/p-2. The van der Waals surface area contributed by atoms with Crippen LogP contribution in [-0.2, 0) is 17.1 Å². The van der Waals surface area contributed by atoms with E-state index in [4.69, 9.17) is 0 Å². The minimum absolute atomic E-state index is 0. The quantitative estimate of drug-likeness (QED) is 0.597. The summed E-state index contributed by atoms with van der Waals surface area (Å²) < 4.78 is 0. The molecule has 1 radical (unpaired) electrons. The van der Waals surface area contributed by atoms with Crippen LogP contribution in [-0.4, -0.2) is 24.5 Å². The number of hydrogen-bond acceptors (Lipinski definition) is 4. The molecule has 0 fully saturated rings. The Balaban J connectivity index is 0.000000443. The first-order valence-corrected chi connectivity index (χ1v) is 7.98. The average Bonchev–Trinajstić information content (AvgIpc) is 2.54. The van der Waals surface area contributed by atoms with E-state index >= 15 is 0 Å². The molecule has 0 spiro atoms. The van der Waals surface area contributed by atoms with Crippen molar-refractivity contribution in [1.82, 2.24) is 0 Å². The van der Waals surface area contributed by atoms with Gasteiger partial charge in [0.1, 0.15) is 0 Å². The maximum Gasteiger partial charge on any atom is 2.00 e. The summed E-state index contributed by atoms with van der Waals surface area (Å²) in [6.07, 6.45) is 3.26. The third kappa shape index (κ3) is 9.70. The van der Waals surface area contributed by atoms with Gasteiger partial charge in [-0.2, -0.15) is 0 Å². The van der Waals surface area contributed by atoms with Crippen molar-refractivity contribution < 1.29 is 27.3 Å². The molecule has 0 amide bonds. The first kappa shape index (κ1) is 22.9. The van der Waals surface area contributed by atoms with Gasteiger partial charge in [-0.25, -0.2) is 0 Å². The SMILES string of the molecule is CC(C)N=Cc1ccccc1[O-].CC(C)N=Cc1ccccc1[O-].[Cu+2]. The molecule has 2 aromatic rings. The van der Waals surface area contributed by atoms with E-state index < -0.39 is 0 Å². The van der Waals surface area contributed by atoms with Crippen LogP contribution >= 0.6 is 0 Å². The number of para-hydroxylation sites is 2. The van der Waals surface area contributed by atoms with Gasteiger partial charge >= 0.3 is 17.1 Å². The van der Waals surface area contributed by atoms with Crippen LogP contribution in [0, 0.1) is 0 Å². The van der Waals surface area contributed by atoms with Crippen LogP contribution in [0.25, 0.3) is 0 Å². The predicted molar refractivity (Wildman–Crippen MR) is 97.2 cm³/mol. The van der Waals surface area contributed by atoms with Crippen molar-refractivity contribution in [1.29, 1.82) is 0 Å². The van der Waals surface area contributed by atoms with E-state index in [-0.39, 0.29) is 40.7 Å². The van der Waals surface area contributed by atoms with Gasteiger partial charge in [0.2, 0.25) is 0 Å². The fourth-order valence-electron chi connectivity index (χ4n) is 1.63. The van der Waals surface area contributed by atoms with Crippen molar-refractivity contribution in [2.75, 3.05) is 0 Å². The molecule has 0 unspecified atom stereocenters. The minimum Gasteiger partial charge on any atom is -0.872 e. The second-order valence-electron chi connectivity index (χ2n) is 5.82. The normalized spacial score (nSPS) is 10.8. The molecule has 0 aliphatic heterocycles. The van der Waals surface area contributed by atoms with Crippen molar-refractivity contribution in [2.24, 2.45) is 9.98 Å². The van der Waals surface area contributed by atoms with Gasteiger partial charge in [0.15, 0.2) is 0 Å². The zero-order valence-corrected chi connectivity index (χ0v) is 15.9. The Bertz CT molecular complexity index is 623. The second-order valence-corrected chi connectivity index (χ2v) is 5.82. The molecule has 2 aromatic carbocycles. The van der Waals surface area contributed by atoms with Crippen LogP contribution in [0.4, 0.5) is 0 Å². The molecule has 0 N–H and O–H groups in total. The molecule has 4 nitrogen and oxygen atoms in total. The minimum atomic E-state index is 0. The Hall–Kier alpha value is -2.10. The molecule has 0 aromatic heterocycles. The Morgan fingerprint density at radius 1 is 0.680 bits per heavy atom. The van der Waals surface area contributed by atoms with Crippen LogP contribution in [0.15, 0.2) is 58.5 Å². The summed E-state index contributed by atoms with van der Waals surface area (Å²) in [6, 6.07) is 14.2. The van der Waals surface area contributed by atoms with Crippen LogP contribution in [0.5, 0.6) is 11.5 Å². The molecular weight excluding hydrogens is 364 g/mol. The number of aliphatic imine (C=N–C) groups is 2. The molecular formula is C20H24CuN2O2. The molecule has 0 atom stereocenters. The van der Waals surface area contributed by atoms with E-state index in [2.05, 4.69) is 9.98 Å².